The number of nitrogens with one attached hydrogen (secondary N) is 3. The van der Waals surface area contributed by atoms with Gasteiger partial charge in [0.2, 0.25) is 0 Å². The van der Waals surface area contributed by atoms with Crippen molar-refractivity contribution in [2.45, 2.75) is 25.7 Å². The van der Waals surface area contributed by atoms with Gasteiger partial charge in [-0.25, -0.2) is 8.42 Å². The van der Waals surface area contributed by atoms with Crippen molar-refractivity contribution in [1.82, 2.24) is 5.32 Å². The molecule has 3 aromatic carbocycles. The first-order valence-corrected chi connectivity index (χ1v) is 12.2. The van der Waals surface area contributed by atoms with Gasteiger partial charge in [-0.05, 0) is 86.5 Å². The molecule has 3 aromatic rings. The second kappa shape index (κ2) is 10.8. The second-order valence-electron chi connectivity index (χ2n) is 7.60. The molecule has 8 nitrogen and oxygen atoms in total. The van der Waals surface area contributed by atoms with E-state index in [4.69, 9.17) is 4.74 Å². The maximum Gasteiger partial charge on any atom is 0.261 e. The molecule has 0 heterocycles. The van der Waals surface area contributed by atoms with Crippen molar-refractivity contribution >= 4 is 33.2 Å². The lowest BCUT2D eigenvalue weighted by atomic mass is 10.1. The molecular weight excluding hydrogens is 454 g/mol. The average molecular weight is 482 g/mol. The topological polar surface area (TPSA) is 114 Å². The minimum Gasteiger partial charge on any atom is -0.484 e. The molecule has 0 aliphatic rings. The van der Waals surface area contributed by atoms with E-state index in [0.29, 0.717) is 29.2 Å². The van der Waals surface area contributed by atoms with Crippen molar-refractivity contribution in [1.29, 1.82) is 0 Å². The van der Waals surface area contributed by atoms with Gasteiger partial charge >= 0.3 is 0 Å². The number of likely N-dealkylation sites (N-methyl/N-ethyl adjacent to an activating group) is 1. The van der Waals surface area contributed by atoms with Crippen molar-refractivity contribution in [3.05, 3.63) is 83.4 Å². The van der Waals surface area contributed by atoms with Gasteiger partial charge in [0.1, 0.15) is 5.75 Å². The molecule has 9 heteroatoms. The van der Waals surface area contributed by atoms with Crippen molar-refractivity contribution in [3.8, 4) is 5.75 Å². The maximum atomic E-state index is 12.8. The van der Waals surface area contributed by atoms with E-state index in [0.717, 1.165) is 11.1 Å². The third kappa shape index (κ3) is 6.35. The second-order valence-corrected chi connectivity index (χ2v) is 9.28. The number of carbonyl (C=O) groups excluding carboxylic acids is 2. The van der Waals surface area contributed by atoms with Crippen molar-refractivity contribution in [2.75, 3.05) is 23.2 Å². The van der Waals surface area contributed by atoms with E-state index in [-0.39, 0.29) is 23.3 Å². The highest BCUT2D eigenvalue weighted by molar-refractivity contribution is 7.92. The molecule has 0 fully saturated rings. The van der Waals surface area contributed by atoms with Gasteiger partial charge in [-0.3, -0.25) is 14.3 Å². The number of benzene rings is 3. The van der Waals surface area contributed by atoms with Crippen molar-refractivity contribution in [2.24, 2.45) is 0 Å². The quantitative estimate of drug-likeness (QED) is 0.429. The van der Waals surface area contributed by atoms with Crippen LogP contribution in [-0.4, -0.2) is 33.4 Å². The number of carbonyl (C=O) groups is 2. The molecule has 0 spiro atoms. The monoisotopic (exact) mass is 481 g/mol. The lowest BCUT2D eigenvalue weighted by Gasteiger charge is -2.12. The number of hydrogen-bond acceptors (Lipinski definition) is 5. The molecule has 0 saturated heterocycles. The van der Waals surface area contributed by atoms with E-state index in [1.165, 1.54) is 24.3 Å². The van der Waals surface area contributed by atoms with E-state index in [2.05, 4.69) is 15.4 Å². The maximum absolute atomic E-state index is 12.8. The van der Waals surface area contributed by atoms with E-state index >= 15 is 0 Å². The summed E-state index contributed by atoms with van der Waals surface area (Å²) in [6.07, 6.45) is 0. The average Bonchev–Trinajstić information content (AvgIpc) is 2.82. The molecule has 3 N–H and O–H groups in total. The van der Waals surface area contributed by atoms with Crippen LogP contribution in [0.1, 0.15) is 28.4 Å². The van der Waals surface area contributed by atoms with Crippen LogP contribution in [0.4, 0.5) is 11.4 Å². The Kier molecular flexibility index (Phi) is 7.91. The first-order valence-electron chi connectivity index (χ1n) is 10.7. The summed E-state index contributed by atoms with van der Waals surface area (Å²) in [5, 5.41) is 5.38. The molecular formula is C25H27N3O5S. The van der Waals surface area contributed by atoms with E-state index in [1.54, 1.807) is 36.4 Å². The number of ether oxygens (including phenoxy) is 1. The number of hydrogen-bond donors (Lipinski definition) is 3. The van der Waals surface area contributed by atoms with E-state index in [1.807, 2.05) is 26.8 Å². The lowest BCUT2D eigenvalue weighted by molar-refractivity contribution is -0.122. The van der Waals surface area contributed by atoms with Gasteiger partial charge in [-0.1, -0.05) is 12.1 Å². The number of anilines is 2. The highest BCUT2D eigenvalue weighted by atomic mass is 32.2. The molecule has 2 amide bonds. The molecule has 0 bridgehead atoms. The molecule has 0 unspecified atom stereocenters. The van der Waals surface area contributed by atoms with Gasteiger partial charge in [0, 0.05) is 17.8 Å². The van der Waals surface area contributed by atoms with Crippen LogP contribution in [0, 0.1) is 13.8 Å². The highest BCUT2D eigenvalue weighted by Gasteiger charge is 2.17. The Morgan fingerprint density at radius 1 is 0.912 bits per heavy atom. The van der Waals surface area contributed by atoms with Gasteiger partial charge in [0.05, 0.1) is 10.6 Å². The minimum absolute atomic E-state index is 0.0542. The van der Waals surface area contributed by atoms with E-state index in [9.17, 15) is 18.0 Å². The first kappa shape index (κ1) is 24.8. The molecule has 178 valence electrons. The SMILES string of the molecule is CCNC(=O)COc1ccc(NC(=O)c2ccc(S(=O)(=O)Nc3cccc(C)c3C)cc2)cc1. The molecule has 0 aliphatic carbocycles. The van der Waals surface area contributed by atoms with Crippen LogP contribution in [0.25, 0.3) is 0 Å². The third-order valence-electron chi connectivity index (χ3n) is 5.13. The molecule has 0 atom stereocenters. The van der Waals surface area contributed by atoms with Crippen LogP contribution < -0.4 is 20.1 Å². The summed E-state index contributed by atoms with van der Waals surface area (Å²) < 4.78 is 33.5. The Labute approximate surface area is 199 Å². The van der Waals surface area contributed by atoms with Crippen LogP contribution in [0.2, 0.25) is 0 Å². The predicted octanol–water partition coefficient (Wildman–Crippen LogP) is 3.87. The van der Waals surface area contributed by atoms with E-state index < -0.39 is 10.0 Å². The Morgan fingerprint density at radius 3 is 2.24 bits per heavy atom. The summed E-state index contributed by atoms with van der Waals surface area (Å²) in [6.45, 7) is 6.02. The fraction of sp³-hybridized carbons (Fsp3) is 0.200. The zero-order chi connectivity index (χ0) is 24.7. The number of amides is 2. The van der Waals surface area contributed by atoms with Gasteiger partial charge in [-0.2, -0.15) is 0 Å². The normalized spacial score (nSPS) is 10.9. The summed E-state index contributed by atoms with van der Waals surface area (Å²) in [6, 6.07) is 17.7. The zero-order valence-corrected chi connectivity index (χ0v) is 20.0. The summed E-state index contributed by atoms with van der Waals surface area (Å²) in [5.41, 5.74) is 3.18. The predicted molar refractivity (Wildman–Crippen MR) is 132 cm³/mol. The number of sulfonamides is 1. The van der Waals surface area contributed by atoms with Crippen molar-refractivity contribution in [3.63, 3.8) is 0 Å². The fourth-order valence-corrected chi connectivity index (χ4v) is 4.21. The Bertz CT molecular complexity index is 1270. The van der Waals surface area contributed by atoms with Gasteiger partial charge < -0.3 is 15.4 Å². The molecule has 0 radical (unpaired) electrons. The first-order chi connectivity index (χ1) is 16.2. The zero-order valence-electron chi connectivity index (χ0n) is 19.2. The van der Waals surface area contributed by atoms with Crippen LogP contribution in [0.3, 0.4) is 0 Å². The van der Waals surface area contributed by atoms with Crippen LogP contribution >= 0.6 is 0 Å². The van der Waals surface area contributed by atoms with Gasteiger partial charge in [0.25, 0.3) is 21.8 Å². The largest absolute Gasteiger partial charge is 0.484 e. The summed E-state index contributed by atoms with van der Waals surface area (Å²) in [4.78, 5) is 24.1. The van der Waals surface area contributed by atoms with Crippen LogP contribution in [-0.2, 0) is 14.8 Å². The van der Waals surface area contributed by atoms with Crippen LogP contribution in [0.5, 0.6) is 5.75 Å². The summed E-state index contributed by atoms with van der Waals surface area (Å²) >= 11 is 0. The smallest absolute Gasteiger partial charge is 0.261 e. The standard InChI is InChI=1S/C25H27N3O5S/c1-4-26-24(29)16-33-21-12-10-20(11-13-21)27-25(30)19-8-14-22(15-9-19)34(31,32)28-23-7-5-6-17(2)18(23)3/h5-15,28H,4,16H2,1-3H3,(H,26,29)(H,27,30). The molecule has 0 aromatic heterocycles. The molecule has 3 rings (SSSR count). The molecule has 0 aliphatic heterocycles. The Balaban J connectivity index is 1.62. The van der Waals surface area contributed by atoms with Gasteiger partial charge in [-0.15, -0.1) is 0 Å². The Hall–Kier alpha value is -3.85. The lowest BCUT2D eigenvalue weighted by Crippen LogP contribution is -2.28. The Morgan fingerprint density at radius 2 is 1.59 bits per heavy atom. The highest BCUT2D eigenvalue weighted by Crippen LogP contribution is 2.22. The van der Waals surface area contributed by atoms with Gasteiger partial charge in [0.15, 0.2) is 6.61 Å². The van der Waals surface area contributed by atoms with Crippen molar-refractivity contribution < 1.29 is 22.7 Å². The third-order valence-corrected chi connectivity index (χ3v) is 6.51. The molecule has 0 saturated carbocycles. The number of aryl methyl sites for hydroxylation is 1. The summed E-state index contributed by atoms with van der Waals surface area (Å²) in [5.74, 6) is -0.104. The van der Waals surface area contributed by atoms with Crippen LogP contribution in [0.15, 0.2) is 71.6 Å². The fourth-order valence-electron chi connectivity index (χ4n) is 3.09. The molecule has 34 heavy (non-hydrogen) atoms. The number of rotatable bonds is 9. The summed E-state index contributed by atoms with van der Waals surface area (Å²) in [7, 11) is -3.80. The minimum atomic E-state index is -3.80.